The van der Waals surface area contributed by atoms with Crippen LogP contribution in [0.2, 0.25) is 0 Å². The highest BCUT2D eigenvalue weighted by molar-refractivity contribution is 5.56. The van der Waals surface area contributed by atoms with Crippen LogP contribution in [0.3, 0.4) is 0 Å². The first-order chi connectivity index (χ1) is 9.62. The first kappa shape index (κ1) is 13.8. The van der Waals surface area contributed by atoms with Crippen molar-refractivity contribution < 1.29 is 9.66 Å². The van der Waals surface area contributed by atoms with E-state index < -0.39 is 4.92 Å². The van der Waals surface area contributed by atoms with Crippen molar-refractivity contribution in [1.82, 2.24) is 9.78 Å². The van der Waals surface area contributed by atoms with Gasteiger partial charge in [-0.1, -0.05) is 6.92 Å². The fourth-order valence-corrected chi connectivity index (χ4v) is 1.72. The quantitative estimate of drug-likeness (QED) is 0.476. The van der Waals surface area contributed by atoms with Gasteiger partial charge < -0.3 is 10.2 Å². The van der Waals surface area contributed by atoms with Crippen molar-refractivity contribution in [1.29, 1.82) is 0 Å². The largest absolute Gasteiger partial charge is 0.454 e. The van der Waals surface area contributed by atoms with Crippen molar-refractivity contribution in [2.45, 2.75) is 19.9 Å². The van der Waals surface area contributed by atoms with Crippen molar-refractivity contribution in [2.24, 2.45) is 5.84 Å². The van der Waals surface area contributed by atoms with Gasteiger partial charge in [0, 0.05) is 18.7 Å². The summed E-state index contributed by atoms with van der Waals surface area (Å²) < 4.78 is 7.30. The van der Waals surface area contributed by atoms with Crippen LogP contribution in [0.15, 0.2) is 30.6 Å². The predicted molar refractivity (Wildman–Crippen MR) is 73.5 cm³/mol. The van der Waals surface area contributed by atoms with E-state index in [1.807, 2.05) is 6.92 Å². The zero-order chi connectivity index (χ0) is 14.5. The molecule has 0 fully saturated rings. The lowest BCUT2D eigenvalue weighted by Gasteiger charge is -2.06. The summed E-state index contributed by atoms with van der Waals surface area (Å²) in [5.41, 5.74) is 2.67. The van der Waals surface area contributed by atoms with E-state index in [1.165, 1.54) is 12.1 Å². The summed E-state index contributed by atoms with van der Waals surface area (Å²) in [6.07, 6.45) is 4.25. The molecule has 0 aliphatic heterocycles. The summed E-state index contributed by atoms with van der Waals surface area (Å²) in [7, 11) is 0. The van der Waals surface area contributed by atoms with Gasteiger partial charge in [-0.3, -0.25) is 20.6 Å². The van der Waals surface area contributed by atoms with Gasteiger partial charge in [-0.2, -0.15) is 5.10 Å². The molecule has 0 aliphatic rings. The van der Waals surface area contributed by atoms with E-state index >= 15 is 0 Å². The molecule has 106 valence electrons. The molecule has 0 atom stereocenters. The van der Waals surface area contributed by atoms with Crippen LogP contribution in [-0.4, -0.2) is 14.7 Å². The Labute approximate surface area is 115 Å². The van der Waals surface area contributed by atoms with Crippen LogP contribution in [0.1, 0.15) is 13.3 Å². The van der Waals surface area contributed by atoms with Gasteiger partial charge in [-0.15, -0.1) is 0 Å². The Kier molecular flexibility index (Phi) is 4.16. The standard InChI is InChI=1S/C12H15N5O3/c1-2-3-16-8-12(7-14-16)20-11-5-9(15-13)4-10(6-11)17(18)19/h4-8,15H,2-3,13H2,1H3. The number of nitrogens with one attached hydrogen (secondary N) is 1. The van der Waals surface area contributed by atoms with Gasteiger partial charge >= 0.3 is 0 Å². The van der Waals surface area contributed by atoms with Crippen LogP contribution < -0.4 is 16.0 Å². The highest BCUT2D eigenvalue weighted by Crippen LogP contribution is 2.29. The Morgan fingerprint density at radius 1 is 1.45 bits per heavy atom. The number of rotatable bonds is 6. The Morgan fingerprint density at radius 3 is 2.90 bits per heavy atom. The molecular formula is C12H15N5O3. The lowest BCUT2D eigenvalue weighted by Crippen LogP contribution is -2.07. The van der Waals surface area contributed by atoms with E-state index in [4.69, 9.17) is 10.6 Å². The van der Waals surface area contributed by atoms with E-state index in [2.05, 4.69) is 10.5 Å². The number of anilines is 1. The number of nitrogens with zero attached hydrogens (tertiary/aromatic N) is 3. The number of benzene rings is 1. The van der Waals surface area contributed by atoms with Crippen molar-refractivity contribution in [3.8, 4) is 11.5 Å². The molecule has 2 rings (SSSR count). The first-order valence-corrected chi connectivity index (χ1v) is 6.08. The summed E-state index contributed by atoms with van der Waals surface area (Å²) in [6, 6.07) is 4.23. The normalized spacial score (nSPS) is 10.3. The maximum atomic E-state index is 10.8. The third kappa shape index (κ3) is 3.23. The van der Waals surface area contributed by atoms with Gasteiger partial charge in [0.15, 0.2) is 5.75 Å². The van der Waals surface area contributed by atoms with Crippen LogP contribution >= 0.6 is 0 Å². The maximum absolute atomic E-state index is 10.8. The molecule has 0 saturated carbocycles. The molecule has 0 aliphatic carbocycles. The fraction of sp³-hybridized carbons (Fsp3) is 0.250. The van der Waals surface area contributed by atoms with E-state index in [0.29, 0.717) is 17.2 Å². The van der Waals surface area contributed by atoms with Crippen LogP contribution in [0.25, 0.3) is 0 Å². The molecule has 20 heavy (non-hydrogen) atoms. The Hall–Kier alpha value is -2.61. The molecule has 0 amide bonds. The molecule has 8 heteroatoms. The minimum atomic E-state index is -0.506. The van der Waals surface area contributed by atoms with Crippen molar-refractivity contribution in [2.75, 3.05) is 5.43 Å². The van der Waals surface area contributed by atoms with Gasteiger partial charge in [0.1, 0.15) is 5.75 Å². The molecule has 0 saturated heterocycles. The van der Waals surface area contributed by atoms with Crippen LogP contribution in [0.4, 0.5) is 11.4 Å². The third-order valence-corrected chi connectivity index (χ3v) is 2.57. The monoisotopic (exact) mass is 277 g/mol. The highest BCUT2D eigenvalue weighted by atomic mass is 16.6. The first-order valence-electron chi connectivity index (χ1n) is 6.08. The molecule has 1 heterocycles. The number of hydrogen-bond donors (Lipinski definition) is 2. The fourth-order valence-electron chi connectivity index (χ4n) is 1.72. The van der Waals surface area contributed by atoms with Gasteiger partial charge in [-0.25, -0.2) is 0 Å². The molecular weight excluding hydrogens is 262 g/mol. The second-order valence-electron chi connectivity index (χ2n) is 4.16. The third-order valence-electron chi connectivity index (χ3n) is 2.57. The number of non-ortho nitro benzene ring substituents is 1. The number of hydrogen-bond acceptors (Lipinski definition) is 6. The van der Waals surface area contributed by atoms with Crippen molar-refractivity contribution in [3.63, 3.8) is 0 Å². The number of nitrogens with two attached hydrogens (primary N) is 1. The van der Waals surface area contributed by atoms with Gasteiger partial charge in [0.05, 0.1) is 29.1 Å². The smallest absolute Gasteiger partial charge is 0.275 e. The number of nitro groups is 1. The lowest BCUT2D eigenvalue weighted by molar-refractivity contribution is -0.384. The Morgan fingerprint density at radius 2 is 2.25 bits per heavy atom. The average Bonchev–Trinajstić information content (AvgIpc) is 2.86. The number of aryl methyl sites for hydroxylation is 1. The van der Waals surface area contributed by atoms with E-state index in [9.17, 15) is 10.1 Å². The minimum Gasteiger partial charge on any atom is -0.454 e. The van der Waals surface area contributed by atoms with Gasteiger partial charge in [0.2, 0.25) is 0 Å². The molecule has 0 unspecified atom stereocenters. The number of nitro benzene ring substituents is 1. The zero-order valence-corrected chi connectivity index (χ0v) is 10.9. The summed E-state index contributed by atoms with van der Waals surface area (Å²) in [5.74, 6) is 6.12. The average molecular weight is 277 g/mol. The van der Waals surface area contributed by atoms with Crippen molar-refractivity contribution >= 4 is 11.4 Å². The molecule has 1 aromatic heterocycles. The summed E-state index contributed by atoms with van der Waals surface area (Å²) >= 11 is 0. The Bertz CT molecular complexity index is 611. The molecule has 0 spiro atoms. The minimum absolute atomic E-state index is 0.101. The van der Waals surface area contributed by atoms with E-state index in [-0.39, 0.29) is 5.69 Å². The molecule has 1 aromatic carbocycles. The SMILES string of the molecule is CCCn1cc(Oc2cc(NN)cc([N+](=O)[O-])c2)cn1. The van der Waals surface area contributed by atoms with Crippen LogP contribution in [0, 0.1) is 10.1 Å². The summed E-state index contributed by atoms with van der Waals surface area (Å²) in [6.45, 7) is 2.83. The van der Waals surface area contributed by atoms with Gasteiger partial charge in [-0.05, 0) is 6.42 Å². The molecule has 8 nitrogen and oxygen atoms in total. The predicted octanol–water partition coefficient (Wildman–Crippen LogP) is 2.28. The zero-order valence-electron chi connectivity index (χ0n) is 10.9. The molecule has 0 bridgehead atoms. The van der Waals surface area contributed by atoms with Gasteiger partial charge in [0.25, 0.3) is 5.69 Å². The summed E-state index contributed by atoms with van der Waals surface area (Å²) in [5, 5.41) is 14.9. The molecule has 3 N–H and O–H groups in total. The lowest BCUT2D eigenvalue weighted by atomic mass is 10.2. The summed E-state index contributed by atoms with van der Waals surface area (Å²) in [4.78, 5) is 10.3. The number of ether oxygens (including phenoxy) is 1. The number of hydrazine groups is 1. The topological polar surface area (TPSA) is 108 Å². The van der Waals surface area contributed by atoms with E-state index in [1.54, 1.807) is 23.1 Å². The second-order valence-corrected chi connectivity index (χ2v) is 4.16. The number of aromatic nitrogens is 2. The van der Waals surface area contributed by atoms with E-state index in [0.717, 1.165) is 13.0 Å². The molecule has 0 radical (unpaired) electrons. The molecule has 2 aromatic rings. The second kappa shape index (κ2) is 6.02. The van der Waals surface area contributed by atoms with Crippen LogP contribution in [-0.2, 0) is 6.54 Å². The highest BCUT2D eigenvalue weighted by Gasteiger charge is 2.11. The van der Waals surface area contributed by atoms with Crippen molar-refractivity contribution in [3.05, 3.63) is 40.7 Å². The number of nitrogen functional groups attached to an aromatic ring is 1. The Balaban J connectivity index is 2.22. The maximum Gasteiger partial charge on any atom is 0.275 e. The van der Waals surface area contributed by atoms with Crippen LogP contribution in [0.5, 0.6) is 11.5 Å².